The third-order valence-electron chi connectivity index (χ3n) is 1.28. The van der Waals surface area contributed by atoms with Gasteiger partial charge >= 0.3 is 0 Å². The molecule has 0 amide bonds. The summed E-state index contributed by atoms with van der Waals surface area (Å²) >= 11 is 0.122. The SMILES string of the molecule is Cc1cc(N=S=O)ccc1F. The molecule has 0 bridgehead atoms. The second kappa shape index (κ2) is 3.39. The Bertz CT molecular complexity index is 320. The molecule has 0 saturated heterocycles. The molecule has 1 aromatic carbocycles. The lowest BCUT2D eigenvalue weighted by atomic mass is 10.2. The van der Waals surface area contributed by atoms with Gasteiger partial charge in [0.15, 0.2) is 0 Å². The molecular formula is C7H6FNOS. The first-order valence-corrected chi connectivity index (χ1v) is 3.70. The highest BCUT2D eigenvalue weighted by Gasteiger charge is 1.96. The van der Waals surface area contributed by atoms with E-state index in [1.165, 1.54) is 18.2 Å². The van der Waals surface area contributed by atoms with Gasteiger partial charge in [0.2, 0.25) is 11.5 Å². The van der Waals surface area contributed by atoms with E-state index in [2.05, 4.69) is 4.36 Å². The second-order valence-electron chi connectivity index (χ2n) is 2.10. The molecule has 0 unspecified atom stereocenters. The van der Waals surface area contributed by atoms with E-state index in [9.17, 15) is 8.60 Å². The molecule has 2 nitrogen and oxygen atoms in total. The zero-order valence-corrected chi connectivity index (χ0v) is 6.69. The van der Waals surface area contributed by atoms with Crippen LogP contribution in [0, 0.1) is 12.7 Å². The van der Waals surface area contributed by atoms with E-state index in [0.717, 1.165) is 0 Å². The molecule has 0 aliphatic rings. The molecule has 1 aromatic rings. The summed E-state index contributed by atoms with van der Waals surface area (Å²) in [6.45, 7) is 1.63. The number of nitrogens with zero attached hydrogens (tertiary/aromatic N) is 1. The van der Waals surface area contributed by atoms with Gasteiger partial charge in [0.05, 0.1) is 5.69 Å². The van der Waals surface area contributed by atoms with E-state index in [1.807, 2.05) is 0 Å². The largest absolute Gasteiger partial charge is 0.207 e. The number of hydrogen-bond donors (Lipinski definition) is 0. The minimum absolute atomic E-state index is 0.122. The van der Waals surface area contributed by atoms with Gasteiger partial charge in [-0.3, -0.25) is 0 Å². The number of rotatable bonds is 1. The van der Waals surface area contributed by atoms with Crippen LogP contribution >= 0.6 is 0 Å². The first kappa shape index (κ1) is 8.07. The van der Waals surface area contributed by atoms with Crippen LogP contribution in [-0.2, 0) is 11.5 Å². The van der Waals surface area contributed by atoms with Crippen LogP contribution in [0.4, 0.5) is 10.1 Å². The summed E-state index contributed by atoms with van der Waals surface area (Å²) in [6.07, 6.45) is 0. The van der Waals surface area contributed by atoms with Crippen LogP contribution in [0.1, 0.15) is 5.56 Å². The molecule has 0 aliphatic heterocycles. The molecule has 0 aromatic heterocycles. The van der Waals surface area contributed by atoms with Crippen molar-refractivity contribution >= 4 is 17.2 Å². The maximum atomic E-state index is 12.6. The van der Waals surface area contributed by atoms with Crippen molar-refractivity contribution in [3.63, 3.8) is 0 Å². The lowest BCUT2D eigenvalue weighted by Crippen LogP contribution is -1.78. The molecule has 0 radical (unpaired) electrons. The predicted molar refractivity (Wildman–Crippen MR) is 41.4 cm³/mol. The summed E-state index contributed by atoms with van der Waals surface area (Å²) in [6, 6.07) is 4.29. The lowest BCUT2D eigenvalue weighted by Gasteiger charge is -1.94. The van der Waals surface area contributed by atoms with Crippen molar-refractivity contribution in [3.8, 4) is 0 Å². The van der Waals surface area contributed by atoms with Gasteiger partial charge in [-0.2, -0.15) is 8.57 Å². The van der Waals surface area contributed by atoms with Crippen molar-refractivity contribution in [1.29, 1.82) is 0 Å². The summed E-state index contributed by atoms with van der Waals surface area (Å²) in [5, 5.41) is 0. The molecule has 0 saturated carbocycles. The Labute approximate surface area is 67.3 Å². The van der Waals surface area contributed by atoms with E-state index >= 15 is 0 Å². The van der Waals surface area contributed by atoms with Crippen LogP contribution < -0.4 is 0 Å². The van der Waals surface area contributed by atoms with E-state index in [4.69, 9.17) is 0 Å². The zero-order chi connectivity index (χ0) is 8.27. The Morgan fingerprint density at radius 1 is 1.55 bits per heavy atom. The lowest BCUT2D eigenvalue weighted by molar-refractivity contribution is 0.618. The Hall–Kier alpha value is -1.03. The first-order chi connectivity index (χ1) is 5.24. The standard InChI is InChI=1S/C7H6FNOS/c1-5-4-6(9-11-10)2-3-7(5)8/h2-4H,1H3. The monoisotopic (exact) mass is 171 g/mol. The van der Waals surface area contributed by atoms with E-state index in [1.54, 1.807) is 6.92 Å². The van der Waals surface area contributed by atoms with Crippen molar-refractivity contribution in [2.75, 3.05) is 0 Å². The van der Waals surface area contributed by atoms with Crippen LogP contribution in [0.15, 0.2) is 22.6 Å². The van der Waals surface area contributed by atoms with Crippen molar-refractivity contribution < 1.29 is 8.60 Å². The Balaban J connectivity index is 3.14. The average molecular weight is 171 g/mol. The molecular weight excluding hydrogens is 165 g/mol. The van der Waals surface area contributed by atoms with Gasteiger partial charge in [0.25, 0.3) is 0 Å². The minimum Gasteiger partial charge on any atom is -0.207 e. The predicted octanol–water partition coefficient (Wildman–Crippen LogP) is 2.16. The Morgan fingerprint density at radius 3 is 2.82 bits per heavy atom. The van der Waals surface area contributed by atoms with Crippen LogP contribution in [0.25, 0.3) is 0 Å². The van der Waals surface area contributed by atoms with Gasteiger partial charge in [-0.1, -0.05) is 0 Å². The van der Waals surface area contributed by atoms with Gasteiger partial charge in [0.1, 0.15) is 5.82 Å². The molecule has 58 valence electrons. The number of hydrogen-bond acceptors (Lipinski definition) is 2. The number of benzene rings is 1. The quantitative estimate of drug-likeness (QED) is 0.636. The molecule has 0 N–H and O–H groups in total. The van der Waals surface area contributed by atoms with Crippen molar-refractivity contribution in [2.45, 2.75) is 6.92 Å². The highest BCUT2D eigenvalue weighted by atomic mass is 32.1. The van der Waals surface area contributed by atoms with Crippen LogP contribution in [0.5, 0.6) is 0 Å². The zero-order valence-electron chi connectivity index (χ0n) is 5.87. The van der Waals surface area contributed by atoms with Crippen molar-refractivity contribution in [1.82, 2.24) is 0 Å². The van der Waals surface area contributed by atoms with Crippen molar-refractivity contribution in [2.24, 2.45) is 4.36 Å². The van der Waals surface area contributed by atoms with Crippen LogP contribution in [0.3, 0.4) is 0 Å². The molecule has 0 atom stereocenters. The maximum Gasteiger partial charge on any atom is 0.205 e. The highest BCUT2D eigenvalue weighted by molar-refractivity contribution is 7.54. The van der Waals surface area contributed by atoms with E-state index in [-0.39, 0.29) is 17.3 Å². The molecule has 0 heterocycles. The van der Waals surface area contributed by atoms with Crippen LogP contribution in [0.2, 0.25) is 0 Å². The molecule has 1 rings (SSSR count). The summed E-state index contributed by atoms with van der Waals surface area (Å²) in [4.78, 5) is 0. The second-order valence-corrected chi connectivity index (χ2v) is 2.43. The minimum atomic E-state index is -0.278. The number of aryl methyl sites for hydroxylation is 1. The van der Waals surface area contributed by atoms with Crippen LogP contribution in [-0.4, -0.2) is 4.21 Å². The summed E-state index contributed by atoms with van der Waals surface area (Å²) in [5.74, 6) is -0.278. The summed E-state index contributed by atoms with van der Waals surface area (Å²) < 4.78 is 26.1. The normalized spacial score (nSPS) is 9.27. The average Bonchev–Trinajstić information content (AvgIpc) is 1.98. The maximum absolute atomic E-state index is 12.6. The summed E-state index contributed by atoms with van der Waals surface area (Å²) in [5.41, 5.74) is 1.00. The van der Waals surface area contributed by atoms with Gasteiger partial charge in [-0.25, -0.2) is 4.39 Å². The van der Waals surface area contributed by atoms with Gasteiger partial charge < -0.3 is 0 Å². The van der Waals surface area contributed by atoms with Gasteiger partial charge in [0, 0.05) is 0 Å². The van der Waals surface area contributed by atoms with E-state index in [0.29, 0.717) is 11.3 Å². The molecule has 11 heavy (non-hydrogen) atoms. The Kier molecular flexibility index (Phi) is 2.48. The fourth-order valence-electron chi connectivity index (χ4n) is 0.729. The smallest absolute Gasteiger partial charge is 0.205 e. The Morgan fingerprint density at radius 2 is 2.27 bits per heavy atom. The van der Waals surface area contributed by atoms with Crippen molar-refractivity contribution in [3.05, 3.63) is 29.6 Å². The molecule has 0 spiro atoms. The third-order valence-corrected chi connectivity index (χ3v) is 1.57. The highest BCUT2D eigenvalue weighted by Crippen LogP contribution is 2.15. The van der Waals surface area contributed by atoms with Gasteiger partial charge in [-0.15, -0.1) is 0 Å². The molecule has 0 fully saturated rings. The first-order valence-electron chi connectivity index (χ1n) is 3.00. The van der Waals surface area contributed by atoms with E-state index < -0.39 is 0 Å². The molecule has 4 heteroatoms. The van der Waals surface area contributed by atoms with Gasteiger partial charge in [-0.05, 0) is 30.7 Å². The summed E-state index contributed by atoms with van der Waals surface area (Å²) in [7, 11) is 0. The fraction of sp³-hybridized carbons (Fsp3) is 0.143. The number of halogens is 1. The third kappa shape index (κ3) is 1.94. The molecule has 0 aliphatic carbocycles. The fourth-order valence-corrected chi connectivity index (χ4v) is 0.928. The topological polar surface area (TPSA) is 29.4 Å².